The van der Waals surface area contributed by atoms with E-state index >= 15 is 0 Å². The van der Waals surface area contributed by atoms with E-state index in [1.165, 1.54) is 24.3 Å². The third-order valence-electron chi connectivity index (χ3n) is 3.30. The molecule has 2 aromatic carbocycles. The highest BCUT2D eigenvalue weighted by Gasteiger charge is 2.26. The van der Waals surface area contributed by atoms with Crippen LogP contribution >= 0.6 is 11.6 Å². The summed E-state index contributed by atoms with van der Waals surface area (Å²) in [5, 5.41) is -0.347. The molecule has 0 aliphatic carbocycles. The number of benzene rings is 2. The van der Waals surface area contributed by atoms with E-state index in [1.54, 1.807) is 0 Å². The molecule has 9 heteroatoms. The van der Waals surface area contributed by atoms with Gasteiger partial charge in [-0.25, -0.2) is 21.6 Å². The summed E-state index contributed by atoms with van der Waals surface area (Å²) in [5.74, 6) is -8.50. The van der Waals surface area contributed by atoms with Crippen LogP contribution in [0.3, 0.4) is 0 Å². The van der Waals surface area contributed by atoms with Crippen molar-refractivity contribution in [1.82, 2.24) is 0 Å². The number of furan rings is 1. The lowest BCUT2D eigenvalue weighted by atomic mass is 10.2. The fourth-order valence-corrected chi connectivity index (χ4v) is 3.52. The van der Waals surface area contributed by atoms with Gasteiger partial charge in [-0.15, -0.1) is 0 Å². The van der Waals surface area contributed by atoms with E-state index < -0.39 is 49.8 Å². The maximum atomic E-state index is 13.6. The van der Waals surface area contributed by atoms with Gasteiger partial charge in [0.2, 0.25) is 11.6 Å². The molecule has 0 atom stereocenters. The zero-order valence-electron chi connectivity index (χ0n) is 11.6. The third kappa shape index (κ3) is 2.76. The molecular weight excluding hydrogens is 372 g/mol. The molecule has 1 heterocycles. The predicted molar refractivity (Wildman–Crippen MR) is 78.4 cm³/mol. The smallest absolute Gasteiger partial charge is 0.205 e. The van der Waals surface area contributed by atoms with Crippen LogP contribution in [0.4, 0.5) is 17.6 Å². The first-order valence-electron chi connectivity index (χ1n) is 6.43. The highest BCUT2D eigenvalue weighted by Crippen LogP contribution is 2.31. The highest BCUT2D eigenvalue weighted by molar-refractivity contribution is 7.90. The number of fused-ring (bicyclic) bond motifs is 1. The van der Waals surface area contributed by atoms with Crippen molar-refractivity contribution < 1.29 is 30.4 Å². The van der Waals surface area contributed by atoms with E-state index in [4.69, 9.17) is 16.0 Å². The second-order valence-corrected chi connectivity index (χ2v) is 7.35. The van der Waals surface area contributed by atoms with Crippen molar-refractivity contribution in [1.29, 1.82) is 0 Å². The molecule has 0 bridgehead atoms. The van der Waals surface area contributed by atoms with Crippen LogP contribution in [-0.4, -0.2) is 8.42 Å². The molecule has 126 valence electrons. The SMILES string of the molecule is O=S(=O)(Cc1cc2c(F)c(F)c(F)c(F)c2o1)c1ccc(Cl)cc1. The average molecular weight is 379 g/mol. The van der Waals surface area contributed by atoms with Crippen LogP contribution in [-0.2, 0) is 15.6 Å². The summed E-state index contributed by atoms with van der Waals surface area (Å²) >= 11 is 5.67. The average Bonchev–Trinajstić information content (AvgIpc) is 2.94. The molecule has 0 N–H and O–H groups in total. The summed E-state index contributed by atoms with van der Waals surface area (Å²) in [6.07, 6.45) is 0. The Morgan fingerprint density at radius 1 is 0.917 bits per heavy atom. The van der Waals surface area contributed by atoms with Gasteiger partial charge in [0.05, 0.1) is 10.3 Å². The Balaban J connectivity index is 2.06. The van der Waals surface area contributed by atoms with Crippen molar-refractivity contribution in [3.05, 3.63) is 64.4 Å². The van der Waals surface area contributed by atoms with Crippen LogP contribution in [0.5, 0.6) is 0 Å². The Bertz CT molecular complexity index is 998. The van der Waals surface area contributed by atoms with Crippen molar-refractivity contribution >= 4 is 32.4 Å². The Labute approximate surface area is 138 Å². The summed E-state index contributed by atoms with van der Waals surface area (Å²) < 4.78 is 83.0. The molecule has 0 aliphatic rings. The third-order valence-corrected chi connectivity index (χ3v) is 5.21. The normalized spacial score (nSPS) is 12.0. The van der Waals surface area contributed by atoms with Gasteiger partial charge in [-0.05, 0) is 30.3 Å². The molecule has 3 nitrogen and oxygen atoms in total. The minimum absolute atomic E-state index is 0.0920. The van der Waals surface area contributed by atoms with Gasteiger partial charge < -0.3 is 4.42 Å². The summed E-state index contributed by atoms with van der Waals surface area (Å²) in [6, 6.07) is 6.04. The van der Waals surface area contributed by atoms with Crippen LogP contribution in [0.1, 0.15) is 5.76 Å². The first-order valence-corrected chi connectivity index (χ1v) is 8.46. The van der Waals surface area contributed by atoms with E-state index in [0.29, 0.717) is 5.02 Å². The molecule has 0 aliphatic heterocycles. The lowest BCUT2D eigenvalue weighted by Crippen LogP contribution is -2.03. The Morgan fingerprint density at radius 3 is 2.12 bits per heavy atom. The van der Waals surface area contributed by atoms with E-state index in [1.807, 2.05) is 0 Å². The highest BCUT2D eigenvalue weighted by atomic mass is 35.5. The molecule has 0 saturated carbocycles. The molecule has 0 radical (unpaired) electrons. The second-order valence-electron chi connectivity index (χ2n) is 4.92. The fraction of sp³-hybridized carbons (Fsp3) is 0.0667. The largest absolute Gasteiger partial charge is 0.457 e. The van der Waals surface area contributed by atoms with Gasteiger partial charge in [0.15, 0.2) is 27.1 Å². The lowest BCUT2D eigenvalue weighted by molar-refractivity contribution is 0.409. The quantitative estimate of drug-likeness (QED) is 0.379. The van der Waals surface area contributed by atoms with Crippen molar-refractivity contribution in [3.63, 3.8) is 0 Å². The summed E-state index contributed by atoms with van der Waals surface area (Å²) in [4.78, 5) is -0.0920. The zero-order valence-corrected chi connectivity index (χ0v) is 13.2. The summed E-state index contributed by atoms with van der Waals surface area (Å²) in [6.45, 7) is 0. The molecule has 24 heavy (non-hydrogen) atoms. The summed E-state index contributed by atoms with van der Waals surface area (Å²) in [5.41, 5.74) is -0.882. The van der Waals surface area contributed by atoms with E-state index in [0.717, 1.165) is 6.07 Å². The molecule has 3 aromatic rings. The van der Waals surface area contributed by atoms with Crippen molar-refractivity contribution in [2.24, 2.45) is 0 Å². The Kier molecular flexibility index (Phi) is 4.05. The van der Waals surface area contributed by atoms with Gasteiger partial charge in [0, 0.05) is 5.02 Å². The van der Waals surface area contributed by atoms with Gasteiger partial charge in [0.25, 0.3) is 0 Å². The first kappa shape index (κ1) is 16.8. The Hall–Kier alpha value is -2.06. The minimum atomic E-state index is -3.91. The van der Waals surface area contributed by atoms with Gasteiger partial charge in [-0.2, -0.15) is 4.39 Å². The molecule has 0 fully saturated rings. The molecule has 1 aromatic heterocycles. The minimum Gasteiger partial charge on any atom is -0.457 e. The van der Waals surface area contributed by atoms with Crippen LogP contribution in [0.15, 0.2) is 39.6 Å². The second kappa shape index (κ2) is 5.78. The van der Waals surface area contributed by atoms with Crippen molar-refractivity contribution in [2.75, 3.05) is 0 Å². The van der Waals surface area contributed by atoms with Crippen LogP contribution in [0.25, 0.3) is 11.0 Å². The number of sulfone groups is 1. The van der Waals surface area contributed by atoms with Gasteiger partial charge in [-0.3, -0.25) is 0 Å². The van der Waals surface area contributed by atoms with Crippen LogP contribution < -0.4 is 0 Å². The number of hydrogen-bond donors (Lipinski definition) is 0. The van der Waals surface area contributed by atoms with Gasteiger partial charge in [-0.1, -0.05) is 11.6 Å². The van der Waals surface area contributed by atoms with Crippen molar-refractivity contribution in [2.45, 2.75) is 10.6 Å². The lowest BCUT2D eigenvalue weighted by Gasteiger charge is -2.02. The molecule has 3 rings (SSSR count). The van der Waals surface area contributed by atoms with E-state index in [-0.39, 0.29) is 10.7 Å². The predicted octanol–water partition coefficient (Wildman–Crippen LogP) is 4.62. The molecule has 0 spiro atoms. The van der Waals surface area contributed by atoms with E-state index in [2.05, 4.69) is 0 Å². The molecule has 0 saturated heterocycles. The zero-order chi connectivity index (χ0) is 17.6. The topological polar surface area (TPSA) is 47.3 Å². The monoisotopic (exact) mass is 378 g/mol. The maximum absolute atomic E-state index is 13.6. The van der Waals surface area contributed by atoms with Gasteiger partial charge in [0.1, 0.15) is 11.5 Å². The summed E-state index contributed by atoms with van der Waals surface area (Å²) in [7, 11) is -3.91. The molecular formula is C15H7ClF4O3S. The molecule has 0 unspecified atom stereocenters. The van der Waals surface area contributed by atoms with Gasteiger partial charge >= 0.3 is 0 Å². The molecule has 0 amide bonds. The number of hydrogen-bond acceptors (Lipinski definition) is 3. The first-order chi connectivity index (χ1) is 11.2. The Morgan fingerprint density at radius 2 is 1.50 bits per heavy atom. The van der Waals surface area contributed by atoms with E-state index in [9.17, 15) is 26.0 Å². The fourth-order valence-electron chi connectivity index (χ4n) is 2.16. The van der Waals surface area contributed by atoms with Crippen molar-refractivity contribution in [3.8, 4) is 0 Å². The van der Waals surface area contributed by atoms with Crippen LogP contribution in [0, 0.1) is 23.3 Å². The maximum Gasteiger partial charge on any atom is 0.205 e. The van der Waals surface area contributed by atoms with Crippen LogP contribution in [0.2, 0.25) is 5.02 Å². The standard InChI is InChI=1S/C15H7ClF4O3S/c16-7-1-3-9(4-2-7)24(21,22)6-8-5-10-11(17)12(18)13(19)14(20)15(10)23-8/h1-5H,6H2. The number of rotatable bonds is 3. The number of halogens is 5.